The van der Waals surface area contributed by atoms with Gasteiger partial charge in [-0.05, 0) is 30.9 Å². The van der Waals surface area contributed by atoms with Gasteiger partial charge in [0.2, 0.25) is 11.2 Å². The van der Waals surface area contributed by atoms with Crippen molar-refractivity contribution in [2.45, 2.75) is 32.7 Å². The fourth-order valence-electron chi connectivity index (χ4n) is 2.36. The van der Waals surface area contributed by atoms with Crippen LogP contribution < -0.4 is 4.90 Å². The summed E-state index contributed by atoms with van der Waals surface area (Å²) in [6, 6.07) is 0. The highest BCUT2D eigenvalue weighted by Crippen LogP contribution is 2.21. The Bertz CT molecular complexity index is 590. The molecular weight excluding hydrogens is 276 g/mol. The Morgan fingerprint density at radius 3 is 2.75 bits per heavy atom. The number of anilines is 1. The molecule has 6 nitrogen and oxygen atoms in total. The van der Waals surface area contributed by atoms with Gasteiger partial charge in [0.25, 0.3) is 0 Å². The van der Waals surface area contributed by atoms with Crippen LogP contribution in [0.15, 0.2) is 12.4 Å². The van der Waals surface area contributed by atoms with Crippen LogP contribution in [0.4, 0.5) is 5.95 Å². The lowest BCUT2D eigenvalue weighted by molar-refractivity contribution is 0.603. The van der Waals surface area contributed by atoms with E-state index in [1.165, 1.54) is 12.8 Å². The van der Waals surface area contributed by atoms with Crippen LogP contribution in [0, 0.1) is 0 Å². The first kappa shape index (κ1) is 13.3. The minimum absolute atomic E-state index is 0.236. The maximum atomic E-state index is 6.03. The average molecular weight is 293 g/mol. The van der Waals surface area contributed by atoms with Crippen LogP contribution in [0.1, 0.15) is 26.2 Å². The molecule has 20 heavy (non-hydrogen) atoms. The minimum atomic E-state index is 0.236. The molecule has 0 bridgehead atoms. The standard InChI is InChI=1S/C13H17ClN6/c1-2-5-20-9-10(8-15-20)11-16-12(14)18-13(17-11)19-6-3-4-7-19/h8-9H,2-7H2,1H3. The number of rotatable bonds is 4. The fourth-order valence-corrected chi connectivity index (χ4v) is 2.51. The first-order valence-corrected chi connectivity index (χ1v) is 7.33. The highest BCUT2D eigenvalue weighted by atomic mass is 35.5. The van der Waals surface area contributed by atoms with Gasteiger partial charge in [-0.25, -0.2) is 0 Å². The first-order chi connectivity index (χ1) is 9.76. The largest absolute Gasteiger partial charge is 0.341 e. The van der Waals surface area contributed by atoms with Crippen LogP contribution in [0.2, 0.25) is 5.28 Å². The van der Waals surface area contributed by atoms with Crippen molar-refractivity contribution in [2.75, 3.05) is 18.0 Å². The summed E-state index contributed by atoms with van der Waals surface area (Å²) in [6.45, 7) is 4.97. The Kier molecular flexibility index (Phi) is 3.82. The molecule has 1 aliphatic rings. The Morgan fingerprint density at radius 2 is 2.00 bits per heavy atom. The summed E-state index contributed by atoms with van der Waals surface area (Å²) >= 11 is 6.03. The quantitative estimate of drug-likeness (QED) is 0.866. The van der Waals surface area contributed by atoms with Gasteiger partial charge in [-0.3, -0.25) is 4.68 Å². The van der Waals surface area contributed by atoms with Gasteiger partial charge in [-0.15, -0.1) is 0 Å². The van der Waals surface area contributed by atoms with E-state index in [1.807, 2.05) is 10.9 Å². The average Bonchev–Trinajstić information content (AvgIpc) is 3.09. The summed E-state index contributed by atoms with van der Waals surface area (Å²) in [5.74, 6) is 1.26. The highest BCUT2D eigenvalue weighted by molar-refractivity contribution is 6.28. The second-order valence-corrected chi connectivity index (χ2v) is 5.25. The van der Waals surface area contributed by atoms with Gasteiger partial charge in [0.1, 0.15) is 0 Å². The van der Waals surface area contributed by atoms with Crippen LogP contribution >= 0.6 is 11.6 Å². The maximum absolute atomic E-state index is 6.03. The van der Waals surface area contributed by atoms with Crippen molar-refractivity contribution in [1.29, 1.82) is 0 Å². The van der Waals surface area contributed by atoms with Gasteiger partial charge in [0, 0.05) is 25.8 Å². The molecule has 0 unspecified atom stereocenters. The molecule has 0 atom stereocenters. The van der Waals surface area contributed by atoms with Gasteiger partial charge in [0.05, 0.1) is 11.8 Å². The molecule has 3 heterocycles. The van der Waals surface area contributed by atoms with E-state index in [4.69, 9.17) is 11.6 Å². The van der Waals surface area contributed by atoms with Crippen molar-refractivity contribution in [3.63, 3.8) is 0 Å². The number of hydrogen-bond acceptors (Lipinski definition) is 5. The molecule has 0 aliphatic carbocycles. The van der Waals surface area contributed by atoms with Crippen LogP contribution in [-0.4, -0.2) is 37.8 Å². The molecule has 3 rings (SSSR count). The second-order valence-electron chi connectivity index (χ2n) is 4.91. The molecule has 0 N–H and O–H groups in total. The summed E-state index contributed by atoms with van der Waals surface area (Å²) < 4.78 is 1.89. The normalized spacial score (nSPS) is 15.0. The van der Waals surface area contributed by atoms with Crippen molar-refractivity contribution in [3.05, 3.63) is 17.7 Å². The Labute approximate surface area is 122 Å². The van der Waals surface area contributed by atoms with Crippen molar-refractivity contribution in [2.24, 2.45) is 0 Å². The van der Waals surface area contributed by atoms with Gasteiger partial charge in [-0.1, -0.05) is 6.92 Å². The summed E-state index contributed by atoms with van der Waals surface area (Å²) in [6.07, 6.45) is 7.11. The third-order valence-corrected chi connectivity index (χ3v) is 3.50. The summed E-state index contributed by atoms with van der Waals surface area (Å²) in [5, 5.41) is 4.53. The molecular formula is C13H17ClN6. The Hall–Kier alpha value is -1.69. The second kappa shape index (κ2) is 5.75. The lowest BCUT2D eigenvalue weighted by Gasteiger charge is -2.15. The molecule has 0 saturated carbocycles. The van der Waals surface area contributed by atoms with E-state index in [-0.39, 0.29) is 5.28 Å². The van der Waals surface area contributed by atoms with Crippen LogP contribution in [-0.2, 0) is 6.54 Å². The SMILES string of the molecule is CCCn1cc(-c2nc(Cl)nc(N3CCCC3)n2)cn1. The minimum Gasteiger partial charge on any atom is -0.341 e. The molecule has 2 aromatic heterocycles. The smallest absolute Gasteiger partial charge is 0.230 e. The first-order valence-electron chi connectivity index (χ1n) is 6.95. The zero-order valence-electron chi connectivity index (χ0n) is 11.5. The fraction of sp³-hybridized carbons (Fsp3) is 0.538. The molecule has 7 heteroatoms. The Morgan fingerprint density at radius 1 is 1.20 bits per heavy atom. The van der Waals surface area contributed by atoms with Gasteiger partial charge >= 0.3 is 0 Å². The zero-order valence-corrected chi connectivity index (χ0v) is 12.2. The third-order valence-electron chi connectivity index (χ3n) is 3.33. The van der Waals surface area contributed by atoms with E-state index in [0.29, 0.717) is 11.8 Å². The summed E-state index contributed by atoms with van der Waals surface area (Å²) in [4.78, 5) is 15.1. The van der Waals surface area contributed by atoms with E-state index in [2.05, 4.69) is 31.9 Å². The van der Waals surface area contributed by atoms with Crippen molar-refractivity contribution in [1.82, 2.24) is 24.7 Å². The summed E-state index contributed by atoms with van der Waals surface area (Å²) in [5.41, 5.74) is 0.878. The van der Waals surface area contributed by atoms with Gasteiger partial charge in [0.15, 0.2) is 5.82 Å². The topological polar surface area (TPSA) is 59.7 Å². The maximum Gasteiger partial charge on any atom is 0.230 e. The molecule has 0 amide bonds. The number of nitrogens with zero attached hydrogens (tertiary/aromatic N) is 6. The lowest BCUT2D eigenvalue weighted by atomic mass is 10.3. The zero-order chi connectivity index (χ0) is 13.9. The third kappa shape index (κ3) is 2.75. The molecule has 1 fully saturated rings. The molecule has 1 aliphatic heterocycles. The van der Waals surface area contributed by atoms with E-state index in [1.54, 1.807) is 6.20 Å². The molecule has 2 aromatic rings. The lowest BCUT2D eigenvalue weighted by Crippen LogP contribution is -2.21. The van der Waals surface area contributed by atoms with Crippen molar-refractivity contribution >= 4 is 17.5 Å². The van der Waals surface area contributed by atoms with E-state index < -0.39 is 0 Å². The molecule has 0 radical (unpaired) electrons. The van der Waals surface area contributed by atoms with Gasteiger partial charge in [-0.2, -0.15) is 20.1 Å². The highest BCUT2D eigenvalue weighted by Gasteiger charge is 2.17. The number of hydrogen-bond donors (Lipinski definition) is 0. The van der Waals surface area contributed by atoms with Crippen LogP contribution in [0.5, 0.6) is 0 Å². The van der Waals surface area contributed by atoms with Crippen LogP contribution in [0.3, 0.4) is 0 Å². The number of halogens is 1. The van der Waals surface area contributed by atoms with Crippen molar-refractivity contribution < 1.29 is 0 Å². The Balaban J connectivity index is 1.91. The predicted molar refractivity (Wildman–Crippen MR) is 77.8 cm³/mol. The molecule has 0 aromatic carbocycles. The molecule has 0 spiro atoms. The monoisotopic (exact) mass is 292 g/mol. The van der Waals surface area contributed by atoms with Crippen LogP contribution in [0.25, 0.3) is 11.4 Å². The molecule has 1 saturated heterocycles. The van der Waals surface area contributed by atoms with E-state index in [9.17, 15) is 0 Å². The molecule has 106 valence electrons. The van der Waals surface area contributed by atoms with Gasteiger partial charge < -0.3 is 4.90 Å². The predicted octanol–water partition coefficient (Wildman–Crippen LogP) is 2.40. The number of aromatic nitrogens is 5. The van der Waals surface area contributed by atoms with E-state index >= 15 is 0 Å². The number of aryl methyl sites for hydroxylation is 1. The van der Waals surface area contributed by atoms with Crippen molar-refractivity contribution in [3.8, 4) is 11.4 Å². The van der Waals surface area contributed by atoms with E-state index in [0.717, 1.165) is 31.6 Å². The summed E-state index contributed by atoms with van der Waals surface area (Å²) in [7, 11) is 0.